The number of hydrogen-bond donors (Lipinski definition) is 2. The number of nitrogens with zero attached hydrogens (tertiary/aromatic N) is 2. The Balaban J connectivity index is 2.03. The Hall–Kier alpha value is -1.36. The van der Waals surface area contributed by atoms with Crippen LogP contribution in [0.15, 0.2) is 12.3 Å². The number of carbonyl (C=O) groups is 1. The van der Waals surface area contributed by atoms with Crippen molar-refractivity contribution in [3.05, 3.63) is 18.0 Å². The van der Waals surface area contributed by atoms with Gasteiger partial charge in [0.2, 0.25) is 5.91 Å². The second-order valence-corrected chi connectivity index (χ2v) is 3.52. The van der Waals surface area contributed by atoms with Gasteiger partial charge in [0.25, 0.3) is 0 Å². The summed E-state index contributed by atoms with van der Waals surface area (Å²) in [6.45, 7) is 1.74. The summed E-state index contributed by atoms with van der Waals surface area (Å²) in [6.07, 6.45) is 4.01. The summed E-state index contributed by atoms with van der Waals surface area (Å²) in [6, 6.07) is 2.01. The maximum absolute atomic E-state index is 10.4. The van der Waals surface area contributed by atoms with Crippen molar-refractivity contribution < 1.29 is 4.79 Å². The lowest BCUT2D eigenvalue weighted by atomic mass is 10.3. The highest BCUT2D eigenvalue weighted by Crippen LogP contribution is 1.96. The van der Waals surface area contributed by atoms with Gasteiger partial charge in [-0.05, 0) is 19.0 Å². The molecule has 0 spiro atoms. The molecule has 0 unspecified atom stereocenters. The predicted molar refractivity (Wildman–Crippen MR) is 58.2 cm³/mol. The van der Waals surface area contributed by atoms with E-state index in [4.69, 9.17) is 5.73 Å². The van der Waals surface area contributed by atoms with E-state index in [1.165, 1.54) is 5.69 Å². The van der Waals surface area contributed by atoms with Crippen molar-refractivity contribution in [3.8, 4) is 0 Å². The Kier molecular flexibility index (Phi) is 4.83. The van der Waals surface area contributed by atoms with Crippen LogP contribution >= 0.6 is 0 Å². The van der Waals surface area contributed by atoms with Crippen molar-refractivity contribution in [2.75, 3.05) is 13.1 Å². The van der Waals surface area contributed by atoms with Gasteiger partial charge in [-0.3, -0.25) is 9.48 Å². The molecule has 5 heteroatoms. The normalized spacial score (nSPS) is 10.5. The Morgan fingerprint density at radius 2 is 2.40 bits per heavy atom. The third-order valence-electron chi connectivity index (χ3n) is 2.26. The van der Waals surface area contributed by atoms with Gasteiger partial charge in [0.15, 0.2) is 0 Å². The van der Waals surface area contributed by atoms with Gasteiger partial charge in [0.05, 0.1) is 0 Å². The molecule has 84 valence electrons. The number of carbonyl (C=O) groups excluding carboxylic acids is 1. The van der Waals surface area contributed by atoms with E-state index < -0.39 is 0 Å². The lowest BCUT2D eigenvalue weighted by molar-refractivity contribution is -0.118. The Labute approximate surface area is 89.6 Å². The predicted octanol–water partition coefficient (Wildman–Crippen LogP) is -0.182. The maximum Gasteiger partial charge on any atom is 0.217 e. The van der Waals surface area contributed by atoms with Crippen molar-refractivity contribution >= 4 is 5.91 Å². The van der Waals surface area contributed by atoms with Crippen LogP contribution in [0.1, 0.15) is 18.5 Å². The standard InChI is InChI=1S/C10H18N4O/c1-14-9(5-8-13-14)4-7-12-6-2-3-10(11)15/h5,8,12H,2-4,6-7H2,1H3,(H2,11,15). The SMILES string of the molecule is Cn1nccc1CCNCCCC(N)=O. The molecular formula is C10H18N4O. The summed E-state index contributed by atoms with van der Waals surface area (Å²) in [4.78, 5) is 10.4. The Morgan fingerprint density at radius 3 is 3.00 bits per heavy atom. The molecule has 1 aromatic heterocycles. The lowest BCUT2D eigenvalue weighted by Crippen LogP contribution is -2.21. The molecule has 3 N–H and O–H groups in total. The van der Waals surface area contributed by atoms with Gasteiger partial charge >= 0.3 is 0 Å². The molecule has 0 atom stereocenters. The molecular weight excluding hydrogens is 192 g/mol. The van der Waals surface area contributed by atoms with Gasteiger partial charge in [-0.15, -0.1) is 0 Å². The molecule has 0 saturated heterocycles. The van der Waals surface area contributed by atoms with Crippen LogP contribution in [0.2, 0.25) is 0 Å². The van der Waals surface area contributed by atoms with E-state index in [9.17, 15) is 4.79 Å². The number of amides is 1. The second kappa shape index (κ2) is 6.19. The highest BCUT2D eigenvalue weighted by Gasteiger charge is 1.98. The molecule has 1 heterocycles. The minimum atomic E-state index is -0.233. The smallest absolute Gasteiger partial charge is 0.217 e. The Bertz CT molecular complexity index is 308. The van der Waals surface area contributed by atoms with E-state index in [-0.39, 0.29) is 5.91 Å². The molecule has 0 aromatic carbocycles. The van der Waals surface area contributed by atoms with Crippen LogP contribution in [0.25, 0.3) is 0 Å². The van der Waals surface area contributed by atoms with E-state index in [1.807, 2.05) is 17.8 Å². The summed E-state index contributed by atoms with van der Waals surface area (Å²) in [7, 11) is 1.93. The zero-order valence-electron chi connectivity index (χ0n) is 9.07. The van der Waals surface area contributed by atoms with E-state index in [0.29, 0.717) is 6.42 Å². The van der Waals surface area contributed by atoms with Crippen molar-refractivity contribution in [2.24, 2.45) is 12.8 Å². The summed E-state index contributed by atoms with van der Waals surface area (Å²) in [5.74, 6) is -0.233. The molecule has 5 nitrogen and oxygen atoms in total. The van der Waals surface area contributed by atoms with Gasteiger partial charge in [-0.25, -0.2) is 0 Å². The first-order chi connectivity index (χ1) is 7.20. The van der Waals surface area contributed by atoms with Gasteiger partial charge in [0.1, 0.15) is 0 Å². The average Bonchev–Trinajstić information content (AvgIpc) is 2.57. The summed E-state index contributed by atoms with van der Waals surface area (Å²) < 4.78 is 1.87. The summed E-state index contributed by atoms with van der Waals surface area (Å²) in [5, 5.41) is 7.34. The Morgan fingerprint density at radius 1 is 1.60 bits per heavy atom. The van der Waals surface area contributed by atoms with Crippen molar-refractivity contribution in [2.45, 2.75) is 19.3 Å². The van der Waals surface area contributed by atoms with E-state index in [2.05, 4.69) is 10.4 Å². The molecule has 0 aliphatic heterocycles. The van der Waals surface area contributed by atoms with Crippen LogP contribution in [0, 0.1) is 0 Å². The van der Waals surface area contributed by atoms with Crippen LogP contribution in [0.5, 0.6) is 0 Å². The first kappa shape index (κ1) is 11.7. The highest BCUT2D eigenvalue weighted by atomic mass is 16.1. The molecule has 1 amide bonds. The van der Waals surface area contributed by atoms with Gasteiger partial charge in [-0.1, -0.05) is 0 Å². The average molecular weight is 210 g/mol. The highest BCUT2D eigenvalue weighted by molar-refractivity contribution is 5.73. The number of rotatable bonds is 7. The molecule has 0 aliphatic rings. The first-order valence-corrected chi connectivity index (χ1v) is 5.16. The van der Waals surface area contributed by atoms with E-state index in [1.54, 1.807) is 6.20 Å². The number of primary amides is 1. The zero-order valence-corrected chi connectivity index (χ0v) is 9.07. The molecule has 0 bridgehead atoms. The number of hydrogen-bond acceptors (Lipinski definition) is 3. The monoisotopic (exact) mass is 210 g/mol. The topological polar surface area (TPSA) is 72.9 Å². The van der Waals surface area contributed by atoms with Crippen LogP contribution in [-0.4, -0.2) is 28.8 Å². The number of nitrogens with one attached hydrogen (secondary N) is 1. The first-order valence-electron chi connectivity index (χ1n) is 5.16. The van der Waals surface area contributed by atoms with Crippen molar-refractivity contribution in [1.82, 2.24) is 15.1 Å². The minimum absolute atomic E-state index is 0.233. The third-order valence-corrected chi connectivity index (χ3v) is 2.26. The fourth-order valence-corrected chi connectivity index (χ4v) is 1.38. The molecule has 1 aromatic rings. The lowest BCUT2D eigenvalue weighted by Gasteiger charge is -2.04. The second-order valence-electron chi connectivity index (χ2n) is 3.52. The number of nitrogens with two attached hydrogens (primary N) is 1. The zero-order chi connectivity index (χ0) is 11.1. The van der Waals surface area contributed by atoms with E-state index >= 15 is 0 Å². The largest absolute Gasteiger partial charge is 0.370 e. The molecule has 0 aliphatic carbocycles. The minimum Gasteiger partial charge on any atom is -0.370 e. The van der Waals surface area contributed by atoms with Gasteiger partial charge < -0.3 is 11.1 Å². The molecule has 0 saturated carbocycles. The van der Waals surface area contributed by atoms with E-state index in [0.717, 1.165) is 25.9 Å². The van der Waals surface area contributed by atoms with Crippen LogP contribution in [0.4, 0.5) is 0 Å². The quantitative estimate of drug-likeness (QED) is 0.613. The van der Waals surface area contributed by atoms with Crippen molar-refractivity contribution in [3.63, 3.8) is 0 Å². The van der Waals surface area contributed by atoms with Crippen LogP contribution in [-0.2, 0) is 18.3 Å². The fourth-order valence-electron chi connectivity index (χ4n) is 1.38. The van der Waals surface area contributed by atoms with Gasteiger partial charge in [-0.2, -0.15) is 5.10 Å². The molecule has 1 rings (SSSR count). The van der Waals surface area contributed by atoms with Crippen LogP contribution < -0.4 is 11.1 Å². The van der Waals surface area contributed by atoms with Crippen molar-refractivity contribution in [1.29, 1.82) is 0 Å². The number of aryl methyl sites for hydroxylation is 1. The molecule has 0 radical (unpaired) electrons. The summed E-state index contributed by atoms with van der Waals surface area (Å²) in [5.41, 5.74) is 6.23. The van der Waals surface area contributed by atoms with Gasteiger partial charge in [0, 0.05) is 38.3 Å². The third kappa shape index (κ3) is 4.60. The number of aromatic nitrogens is 2. The van der Waals surface area contributed by atoms with Crippen LogP contribution in [0.3, 0.4) is 0 Å². The maximum atomic E-state index is 10.4. The summed E-state index contributed by atoms with van der Waals surface area (Å²) >= 11 is 0. The fraction of sp³-hybridized carbons (Fsp3) is 0.600. The molecule has 15 heavy (non-hydrogen) atoms. The molecule has 0 fully saturated rings.